The summed E-state index contributed by atoms with van der Waals surface area (Å²) in [6.45, 7) is 29.8. The van der Waals surface area contributed by atoms with Gasteiger partial charge in [-0.2, -0.15) is 0 Å². The summed E-state index contributed by atoms with van der Waals surface area (Å²) in [5.74, 6) is 1.71. The Morgan fingerprint density at radius 2 is 0.592 bits per heavy atom. The average Bonchev–Trinajstić information content (AvgIpc) is 4.05. The first-order valence-corrected chi connectivity index (χ1v) is 31.0. The molecule has 9 rings (SSSR count). The van der Waals surface area contributed by atoms with Crippen LogP contribution in [0.4, 0.5) is 0 Å². The number of carbonyl (C=O) groups excluding carboxylic acids is 3. The van der Waals surface area contributed by atoms with Gasteiger partial charge in [0.2, 0.25) is 0 Å². The second-order valence-electron chi connectivity index (χ2n) is 19.7. The molecule has 0 saturated heterocycles. The quantitative estimate of drug-likeness (QED) is 0.0663. The molecule has 0 amide bonds. The number of benzene rings is 3. The second kappa shape index (κ2) is 18.9. The molecule has 0 spiro atoms. The number of ether oxygens (including phenoxy) is 9. The summed E-state index contributed by atoms with van der Waals surface area (Å²) >= 11 is 12.8. The van der Waals surface area contributed by atoms with Crippen molar-refractivity contribution in [2.45, 2.75) is 183 Å². The van der Waals surface area contributed by atoms with Gasteiger partial charge in [0.15, 0.2) is 64.1 Å². The average molecular weight is 1140 g/mol. The lowest BCUT2D eigenvalue weighted by Gasteiger charge is -2.37. The molecule has 0 unspecified atom stereocenters. The molecule has 6 aliphatic rings. The number of aliphatic hydroxyl groups is 1. The van der Waals surface area contributed by atoms with Gasteiger partial charge in [-0.1, -0.05) is 70.6 Å². The summed E-state index contributed by atoms with van der Waals surface area (Å²) in [5, 5.41) is 15.7. The van der Waals surface area contributed by atoms with Gasteiger partial charge >= 0.3 is 17.9 Å². The lowest BCUT2D eigenvalue weighted by atomic mass is 9.79. The van der Waals surface area contributed by atoms with Gasteiger partial charge in [-0.25, -0.2) is 0 Å². The van der Waals surface area contributed by atoms with Crippen LogP contribution in [-0.2, 0) is 34.2 Å². The van der Waals surface area contributed by atoms with E-state index in [4.69, 9.17) is 42.6 Å². The minimum atomic E-state index is -2.15. The van der Waals surface area contributed by atoms with Crippen LogP contribution in [0.5, 0.6) is 34.5 Å². The van der Waals surface area contributed by atoms with Crippen LogP contribution in [0.1, 0.15) is 121 Å². The third-order valence-electron chi connectivity index (χ3n) is 11.0. The van der Waals surface area contributed by atoms with E-state index in [2.05, 4.69) is 0 Å². The lowest BCUT2D eigenvalue weighted by Crippen LogP contribution is -2.33. The van der Waals surface area contributed by atoms with Gasteiger partial charge in [0.25, 0.3) is 0 Å². The van der Waals surface area contributed by atoms with Gasteiger partial charge in [0, 0.05) is 16.7 Å². The summed E-state index contributed by atoms with van der Waals surface area (Å²) in [6.07, 6.45) is 0. The van der Waals surface area contributed by atoms with Crippen LogP contribution in [0.25, 0.3) is 0 Å². The van der Waals surface area contributed by atoms with Gasteiger partial charge in [0.05, 0.1) is 81.1 Å². The first-order chi connectivity index (χ1) is 33.0. The molecule has 0 aliphatic carbocycles. The van der Waals surface area contributed by atoms with Crippen molar-refractivity contribution in [1.82, 2.24) is 0 Å². The Hall–Kier alpha value is -2.02. The van der Waals surface area contributed by atoms with Crippen LogP contribution in [0.3, 0.4) is 0 Å². The summed E-state index contributed by atoms with van der Waals surface area (Å²) in [5.41, 5.74) is -0.585. The van der Waals surface area contributed by atoms with Gasteiger partial charge in [-0.15, -0.1) is 35.3 Å². The minimum Gasteiger partial charge on any atom is -0.474 e. The highest BCUT2D eigenvalue weighted by molar-refractivity contribution is 8.04. The highest BCUT2D eigenvalue weighted by Gasteiger charge is 2.59. The summed E-state index contributed by atoms with van der Waals surface area (Å²) in [7, 11) is 0. The molecule has 0 saturated carbocycles. The second-order valence-corrected chi connectivity index (χ2v) is 32.2. The maximum atomic E-state index is 15.7. The molecule has 71 heavy (non-hydrogen) atoms. The van der Waals surface area contributed by atoms with Gasteiger partial charge < -0.3 is 47.7 Å². The van der Waals surface area contributed by atoms with Crippen molar-refractivity contribution in [3.8, 4) is 34.5 Å². The van der Waals surface area contributed by atoms with Crippen LogP contribution in [0.2, 0.25) is 0 Å². The highest BCUT2D eigenvalue weighted by Crippen LogP contribution is 2.74. The van der Waals surface area contributed by atoms with Crippen LogP contribution in [-0.4, -0.2) is 89.7 Å². The molecule has 6 aliphatic heterocycles. The van der Waals surface area contributed by atoms with Crippen molar-refractivity contribution in [2.75, 3.05) is 37.1 Å². The number of hydrogen-bond donors (Lipinski definition) is 1. The van der Waals surface area contributed by atoms with Gasteiger partial charge in [-0.05, 0) is 104 Å². The Morgan fingerprint density at radius 1 is 0.408 bits per heavy atom. The van der Waals surface area contributed by atoms with Crippen LogP contribution < -0.4 is 28.4 Å². The van der Waals surface area contributed by atoms with E-state index in [0.29, 0.717) is 95.2 Å². The molecule has 0 bridgehead atoms. The minimum absolute atomic E-state index is 0.00458. The van der Waals surface area contributed by atoms with Crippen LogP contribution in [0.15, 0.2) is 44.1 Å². The molecule has 13 nitrogen and oxygen atoms in total. The summed E-state index contributed by atoms with van der Waals surface area (Å²) < 4.78 is 58.2. The number of carbonyl (C=O) groups is 3. The number of hydrogen-bond acceptors (Lipinski definition) is 22. The molecule has 22 heteroatoms. The maximum absolute atomic E-state index is 15.7. The van der Waals surface area contributed by atoms with Crippen molar-refractivity contribution in [1.29, 1.82) is 0 Å². The predicted molar refractivity (Wildman–Crippen MR) is 287 cm³/mol. The standard InChI is InChI=1S/C49H58O13S9/c1-16-54-22(50)19-63-40-28-34(66-43(4,5)57-28)25(35-29(40)58-44(6,7)67-35)49(53,26-36-30(59-45(8,9)68-36)41(64-20-23(51)55-17-2)31-37(26)69-46(10,11)60-31)27-38-32(61-47(12,13)70-38)42(65-21-24(52)56-18-3)33-39(27)71-48(14,15)62-33/h53H,16-21H2,1-15H3. The van der Waals surface area contributed by atoms with E-state index >= 15 is 5.11 Å². The topological polar surface area (TPSA) is 155 Å². The molecule has 0 fully saturated rings. The Morgan fingerprint density at radius 3 is 0.761 bits per heavy atom. The van der Waals surface area contributed by atoms with Crippen molar-refractivity contribution in [3.63, 3.8) is 0 Å². The molecule has 3 aromatic rings. The van der Waals surface area contributed by atoms with E-state index < -0.39 is 35.2 Å². The Bertz CT molecular complexity index is 2340. The van der Waals surface area contributed by atoms with Crippen molar-refractivity contribution < 1.29 is 62.1 Å². The lowest BCUT2D eigenvalue weighted by molar-refractivity contribution is -0.140. The smallest absolute Gasteiger partial charge is 0.316 e. The van der Waals surface area contributed by atoms with Crippen molar-refractivity contribution >= 4 is 124 Å². The fourth-order valence-electron chi connectivity index (χ4n) is 8.89. The SMILES string of the molecule is CCOC(=O)CSc1c2c(c(C(O)(c3c4c(c(SCC(=O)OCC)c5c3SC(C)(C)O5)OC(C)(C)S4)c3c4c(c(SCC(=O)OCC)c5c3SC(C)(C)O5)OC(C)(C)S4)c3c1OC(C)(C)S3)SC(C)(C)O2. The van der Waals surface area contributed by atoms with E-state index in [-0.39, 0.29) is 55.0 Å². The Balaban J connectivity index is 1.46. The van der Waals surface area contributed by atoms with E-state index in [0.717, 1.165) is 0 Å². The monoisotopic (exact) mass is 1140 g/mol. The molecule has 6 heterocycles. The van der Waals surface area contributed by atoms with Crippen LogP contribution >= 0.6 is 106 Å². The normalized spacial score (nSPS) is 20.1. The summed E-state index contributed by atoms with van der Waals surface area (Å²) in [4.78, 5) is 40.1. The molecule has 3 aromatic carbocycles. The molecular weight excluding hydrogens is 1090 g/mol. The number of thioether (sulfide) groups is 9. The molecule has 386 valence electrons. The molecule has 0 aromatic heterocycles. The number of esters is 3. The predicted octanol–water partition coefficient (Wildman–Crippen LogP) is 13.3. The van der Waals surface area contributed by atoms with Gasteiger partial charge in [0.1, 0.15) is 5.60 Å². The highest BCUT2D eigenvalue weighted by atomic mass is 32.2. The zero-order valence-electron chi connectivity index (χ0n) is 42.3. The third-order valence-corrected chi connectivity index (χ3v) is 21.1. The maximum Gasteiger partial charge on any atom is 0.316 e. The number of rotatable bonds is 15. The van der Waals surface area contributed by atoms with E-state index in [1.807, 2.05) is 83.1 Å². The van der Waals surface area contributed by atoms with Crippen molar-refractivity contribution in [2.24, 2.45) is 0 Å². The largest absolute Gasteiger partial charge is 0.474 e. The molecule has 0 atom stereocenters. The molecule has 0 radical (unpaired) electrons. The van der Waals surface area contributed by atoms with E-state index in [1.165, 1.54) is 106 Å². The Labute approximate surface area is 453 Å². The zero-order chi connectivity index (χ0) is 51.6. The van der Waals surface area contributed by atoms with E-state index in [9.17, 15) is 14.4 Å². The number of fused-ring (bicyclic) bond motifs is 6. The van der Waals surface area contributed by atoms with Crippen molar-refractivity contribution in [3.05, 3.63) is 16.7 Å². The first-order valence-electron chi connectivity index (χ1n) is 23.1. The fourth-order valence-corrected chi connectivity index (χ4v) is 19.4. The summed E-state index contributed by atoms with van der Waals surface area (Å²) in [6, 6.07) is 0. The van der Waals surface area contributed by atoms with Gasteiger partial charge in [-0.3, -0.25) is 14.4 Å². The first kappa shape index (κ1) is 53.8. The fraction of sp³-hybridized carbons (Fsp3) is 0.571. The molecule has 1 N–H and O–H groups in total. The van der Waals surface area contributed by atoms with E-state index in [1.54, 1.807) is 20.8 Å². The molecular formula is C49H58O13S9. The van der Waals surface area contributed by atoms with Crippen LogP contribution in [0, 0.1) is 0 Å². The third kappa shape index (κ3) is 10.0. The zero-order valence-corrected chi connectivity index (χ0v) is 49.6. The Kier molecular flexibility index (Phi) is 14.3.